The average Bonchev–Trinajstić information content (AvgIpc) is 2.62. The Morgan fingerprint density at radius 3 is 2.33 bits per heavy atom. The van der Waals surface area contributed by atoms with Gasteiger partial charge in [-0.3, -0.25) is 4.79 Å². The lowest BCUT2D eigenvalue weighted by Crippen LogP contribution is -2.33. The van der Waals surface area contributed by atoms with Gasteiger partial charge in [-0.2, -0.15) is 0 Å². The molecule has 0 saturated carbocycles. The van der Waals surface area contributed by atoms with Crippen molar-refractivity contribution in [1.29, 1.82) is 0 Å². The van der Waals surface area contributed by atoms with Crippen LogP contribution in [0.5, 0.6) is 0 Å². The molecule has 2 rings (SSSR count). The average molecular weight is 325 g/mol. The van der Waals surface area contributed by atoms with Crippen molar-refractivity contribution >= 4 is 11.6 Å². The van der Waals surface area contributed by atoms with Crippen LogP contribution in [-0.2, 0) is 6.42 Å². The maximum atomic E-state index is 12.5. The van der Waals surface area contributed by atoms with Gasteiger partial charge < -0.3 is 10.2 Å². The minimum atomic E-state index is 0.0227. The van der Waals surface area contributed by atoms with Gasteiger partial charge in [0.1, 0.15) is 5.69 Å². The zero-order chi connectivity index (χ0) is 17.2. The van der Waals surface area contributed by atoms with Crippen molar-refractivity contribution < 1.29 is 4.79 Å². The second-order valence-corrected chi connectivity index (χ2v) is 5.89. The first-order chi connectivity index (χ1) is 11.7. The maximum absolute atomic E-state index is 12.5. The van der Waals surface area contributed by atoms with Gasteiger partial charge in [-0.15, -0.1) is 0 Å². The summed E-state index contributed by atoms with van der Waals surface area (Å²) in [5.74, 6) is 0.0227. The van der Waals surface area contributed by atoms with Crippen LogP contribution < -0.4 is 5.32 Å². The van der Waals surface area contributed by atoms with E-state index in [4.69, 9.17) is 0 Å². The molecule has 0 bridgehead atoms. The Balaban J connectivity index is 1.88. The first-order valence-corrected chi connectivity index (χ1v) is 8.77. The fourth-order valence-corrected chi connectivity index (χ4v) is 2.64. The Morgan fingerprint density at radius 2 is 1.75 bits per heavy atom. The summed E-state index contributed by atoms with van der Waals surface area (Å²) in [6.07, 6.45) is 4.63. The number of amides is 1. The Hall–Kier alpha value is -2.36. The summed E-state index contributed by atoms with van der Waals surface area (Å²) < 4.78 is 0. The van der Waals surface area contributed by atoms with E-state index in [1.54, 1.807) is 6.20 Å². The Kier molecular flexibility index (Phi) is 7.27. The molecule has 0 spiro atoms. The molecule has 1 aromatic carbocycles. The molecule has 24 heavy (non-hydrogen) atoms. The molecule has 0 aliphatic heterocycles. The van der Waals surface area contributed by atoms with E-state index >= 15 is 0 Å². The molecule has 0 unspecified atom stereocenters. The largest absolute Gasteiger partial charge is 0.383 e. The van der Waals surface area contributed by atoms with Crippen molar-refractivity contribution in [3.63, 3.8) is 0 Å². The molecule has 128 valence electrons. The zero-order valence-electron chi connectivity index (χ0n) is 14.7. The molecule has 0 aliphatic rings. The molecule has 2 aromatic rings. The van der Waals surface area contributed by atoms with Crippen LogP contribution in [0.25, 0.3) is 0 Å². The zero-order valence-corrected chi connectivity index (χ0v) is 14.7. The predicted octanol–water partition coefficient (Wildman–Crippen LogP) is 4.00. The van der Waals surface area contributed by atoms with E-state index in [1.807, 2.05) is 23.1 Å². The molecule has 0 fully saturated rings. The minimum Gasteiger partial charge on any atom is -0.383 e. The Bertz CT molecular complexity index is 605. The monoisotopic (exact) mass is 325 g/mol. The molecule has 0 radical (unpaired) electrons. The number of aromatic nitrogens is 1. The molecule has 0 aliphatic carbocycles. The van der Waals surface area contributed by atoms with Crippen LogP contribution in [0.4, 0.5) is 5.69 Å². The van der Waals surface area contributed by atoms with Gasteiger partial charge in [-0.25, -0.2) is 4.98 Å². The highest BCUT2D eigenvalue weighted by molar-refractivity contribution is 5.92. The molecule has 4 heteroatoms. The summed E-state index contributed by atoms with van der Waals surface area (Å²) in [4.78, 5) is 18.7. The number of nitrogens with one attached hydrogen (secondary N) is 1. The van der Waals surface area contributed by atoms with Crippen molar-refractivity contribution in [2.24, 2.45) is 0 Å². The molecule has 1 amide bonds. The van der Waals surface area contributed by atoms with E-state index in [0.29, 0.717) is 5.69 Å². The molecule has 1 heterocycles. The molecular formula is C20H27N3O. The summed E-state index contributed by atoms with van der Waals surface area (Å²) >= 11 is 0. The summed E-state index contributed by atoms with van der Waals surface area (Å²) in [5, 5.41) is 3.35. The number of pyridine rings is 1. The molecule has 0 atom stereocenters. The van der Waals surface area contributed by atoms with Gasteiger partial charge in [0.15, 0.2) is 0 Å². The van der Waals surface area contributed by atoms with Gasteiger partial charge in [-0.05, 0) is 37.0 Å². The predicted molar refractivity (Wildman–Crippen MR) is 99.4 cm³/mol. The number of nitrogens with zero attached hydrogens (tertiary/aromatic N) is 2. The van der Waals surface area contributed by atoms with Gasteiger partial charge >= 0.3 is 0 Å². The highest BCUT2D eigenvalue weighted by atomic mass is 16.2. The Morgan fingerprint density at radius 1 is 1.04 bits per heavy atom. The van der Waals surface area contributed by atoms with Crippen LogP contribution in [-0.4, -0.2) is 35.4 Å². The SMILES string of the molecule is CCCN(CCC)C(=O)c1ccc(NCCc2ccccc2)cn1. The highest BCUT2D eigenvalue weighted by Gasteiger charge is 2.15. The van der Waals surface area contributed by atoms with Crippen LogP contribution in [0.1, 0.15) is 42.7 Å². The number of benzene rings is 1. The van der Waals surface area contributed by atoms with E-state index in [9.17, 15) is 4.79 Å². The lowest BCUT2D eigenvalue weighted by molar-refractivity contribution is 0.0749. The molecule has 0 saturated heterocycles. The minimum absolute atomic E-state index is 0.0227. The number of hydrogen-bond donors (Lipinski definition) is 1. The lowest BCUT2D eigenvalue weighted by atomic mass is 10.1. The van der Waals surface area contributed by atoms with Crippen molar-refractivity contribution in [1.82, 2.24) is 9.88 Å². The van der Waals surface area contributed by atoms with Gasteiger partial charge in [0.05, 0.1) is 11.9 Å². The third-order valence-electron chi connectivity index (χ3n) is 3.84. The molecular weight excluding hydrogens is 298 g/mol. The number of hydrogen-bond acceptors (Lipinski definition) is 3. The topological polar surface area (TPSA) is 45.2 Å². The molecule has 4 nitrogen and oxygen atoms in total. The second-order valence-electron chi connectivity index (χ2n) is 5.89. The van der Waals surface area contributed by atoms with E-state index in [2.05, 4.69) is 48.4 Å². The summed E-state index contributed by atoms with van der Waals surface area (Å²) in [6.45, 7) is 6.58. The first kappa shape index (κ1) is 18.0. The third-order valence-corrected chi connectivity index (χ3v) is 3.84. The van der Waals surface area contributed by atoms with Crippen molar-refractivity contribution in [3.05, 3.63) is 59.9 Å². The lowest BCUT2D eigenvalue weighted by Gasteiger charge is -2.21. The number of carbonyl (C=O) groups is 1. The van der Waals surface area contributed by atoms with Crippen LogP contribution in [0.3, 0.4) is 0 Å². The van der Waals surface area contributed by atoms with Crippen molar-refractivity contribution in [2.75, 3.05) is 25.0 Å². The number of anilines is 1. The number of carbonyl (C=O) groups excluding carboxylic acids is 1. The highest BCUT2D eigenvalue weighted by Crippen LogP contribution is 2.10. The van der Waals surface area contributed by atoms with E-state index in [0.717, 1.165) is 44.6 Å². The summed E-state index contributed by atoms with van der Waals surface area (Å²) in [6, 6.07) is 14.1. The van der Waals surface area contributed by atoms with Crippen molar-refractivity contribution in [2.45, 2.75) is 33.1 Å². The maximum Gasteiger partial charge on any atom is 0.272 e. The third kappa shape index (κ3) is 5.37. The smallest absolute Gasteiger partial charge is 0.272 e. The van der Waals surface area contributed by atoms with Gasteiger partial charge in [0, 0.05) is 19.6 Å². The van der Waals surface area contributed by atoms with Crippen LogP contribution in [0, 0.1) is 0 Å². The first-order valence-electron chi connectivity index (χ1n) is 8.77. The molecule has 1 N–H and O–H groups in total. The quantitative estimate of drug-likeness (QED) is 0.758. The summed E-state index contributed by atoms with van der Waals surface area (Å²) in [5.41, 5.74) is 2.77. The van der Waals surface area contributed by atoms with E-state index in [-0.39, 0.29) is 5.91 Å². The van der Waals surface area contributed by atoms with Gasteiger partial charge in [0.25, 0.3) is 5.91 Å². The van der Waals surface area contributed by atoms with Gasteiger partial charge in [-0.1, -0.05) is 44.2 Å². The second kappa shape index (κ2) is 9.71. The molecule has 1 aromatic heterocycles. The van der Waals surface area contributed by atoms with E-state index in [1.165, 1.54) is 5.56 Å². The van der Waals surface area contributed by atoms with Crippen LogP contribution in [0.15, 0.2) is 48.7 Å². The standard InChI is InChI=1S/C20H27N3O/c1-3-14-23(15-4-2)20(24)19-11-10-18(16-22-19)21-13-12-17-8-6-5-7-9-17/h5-11,16,21H,3-4,12-15H2,1-2H3. The summed E-state index contributed by atoms with van der Waals surface area (Å²) in [7, 11) is 0. The van der Waals surface area contributed by atoms with Gasteiger partial charge in [0.2, 0.25) is 0 Å². The normalized spacial score (nSPS) is 10.4. The van der Waals surface area contributed by atoms with Crippen molar-refractivity contribution in [3.8, 4) is 0 Å². The number of rotatable bonds is 9. The fourth-order valence-electron chi connectivity index (χ4n) is 2.64. The van der Waals surface area contributed by atoms with E-state index < -0.39 is 0 Å². The fraction of sp³-hybridized carbons (Fsp3) is 0.400. The Labute approximate surface area is 144 Å². The van der Waals surface area contributed by atoms with Crippen LogP contribution in [0.2, 0.25) is 0 Å². The van der Waals surface area contributed by atoms with Crippen LogP contribution >= 0.6 is 0 Å².